The van der Waals surface area contributed by atoms with Gasteiger partial charge in [-0.15, -0.1) is 5.10 Å². The highest BCUT2D eigenvalue weighted by atomic mass is 16.5. The first-order valence-corrected chi connectivity index (χ1v) is 11.5. The molecule has 0 saturated carbocycles. The van der Waals surface area contributed by atoms with Gasteiger partial charge in [0.15, 0.2) is 5.65 Å². The van der Waals surface area contributed by atoms with Gasteiger partial charge in [0, 0.05) is 37.6 Å². The van der Waals surface area contributed by atoms with Gasteiger partial charge in [-0.25, -0.2) is 4.52 Å². The minimum atomic E-state index is 0.565. The predicted octanol–water partition coefficient (Wildman–Crippen LogP) is 4.68. The normalized spacial score (nSPS) is 14.0. The standard InChI is InChI=1S/C26H30N6O/c1-30(2)22-12-8-20(9-13-22)24-6-5-7-25-28-26(29-32(24)25)27-21-10-14-23(15-11-21)33-19-18-31-16-3-4-17-31/h5-15H,3-4,16-19H2,1-2H3,(H,27,29). The van der Waals surface area contributed by atoms with Crippen LogP contribution in [0.4, 0.5) is 17.3 Å². The number of fused-ring (bicyclic) bond motifs is 1. The van der Waals surface area contributed by atoms with Gasteiger partial charge in [-0.05, 0) is 74.5 Å². The van der Waals surface area contributed by atoms with Gasteiger partial charge in [-0.3, -0.25) is 4.90 Å². The summed E-state index contributed by atoms with van der Waals surface area (Å²) in [6.07, 6.45) is 2.61. The molecule has 7 nitrogen and oxygen atoms in total. The Kier molecular flexibility index (Phi) is 6.13. The van der Waals surface area contributed by atoms with Crippen LogP contribution in [-0.4, -0.2) is 59.8 Å². The van der Waals surface area contributed by atoms with Crippen molar-refractivity contribution in [1.82, 2.24) is 19.5 Å². The van der Waals surface area contributed by atoms with Crippen molar-refractivity contribution in [2.75, 3.05) is 50.6 Å². The Morgan fingerprint density at radius 3 is 2.42 bits per heavy atom. The van der Waals surface area contributed by atoms with Crippen LogP contribution in [0.5, 0.6) is 5.75 Å². The summed E-state index contributed by atoms with van der Waals surface area (Å²) in [5, 5.41) is 8.02. The highest BCUT2D eigenvalue weighted by Crippen LogP contribution is 2.25. The number of anilines is 3. The second-order valence-corrected chi connectivity index (χ2v) is 8.60. The van der Waals surface area contributed by atoms with E-state index in [0.717, 1.165) is 47.2 Å². The molecule has 2 aromatic carbocycles. The smallest absolute Gasteiger partial charge is 0.247 e. The molecule has 2 aromatic heterocycles. The van der Waals surface area contributed by atoms with Crippen LogP contribution >= 0.6 is 0 Å². The van der Waals surface area contributed by atoms with Crippen molar-refractivity contribution in [3.05, 3.63) is 66.7 Å². The van der Waals surface area contributed by atoms with Crippen LogP contribution < -0.4 is 15.0 Å². The molecule has 0 amide bonds. The van der Waals surface area contributed by atoms with Crippen molar-refractivity contribution in [2.24, 2.45) is 0 Å². The third-order valence-corrected chi connectivity index (χ3v) is 6.02. The van der Waals surface area contributed by atoms with Crippen molar-refractivity contribution in [2.45, 2.75) is 12.8 Å². The number of likely N-dealkylation sites (tertiary alicyclic amines) is 1. The van der Waals surface area contributed by atoms with Gasteiger partial charge < -0.3 is 15.0 Å². The van der Waals surface area contributed by atoms with Gasteiger partial charge in [-0.2, -0.15) is 4.98 Å². The van der Waals surface area contributed by atoms with Crippen molar-refractivity contribution in [3.8, 4) is 17.0 Å². The van der Waals surface area contributed by atoms with Gasteiger partial charge in [0.2, 0.25) is 5.95 Å². The molecule has 1 aliphatic heterocycles. The zero-order chi connectivity index (χ0) is 22.6. The summed E-state index contributed by atoms with van der Waals surface area (Å²) >= 11 is 0. The summed E-state index contributed by atoms with van der Waals surface area (Å²) in [5.74, 6) is 1.45. The molecule has 5 rings (SSSR count). The van der Waals surface area contributed by atoms with Crippen LogP contribution in [0.3, 0.4) is 0 Å². The van der Waals surface area contributed by atoms with Crippen LogP contribution in [-0.2, 0) is 0 Å². The zero-order valence-corrected chi connectivity index (χ0v) is 19.2. The van der Waals surface area contributed by atoms with Gasteiger partial charge in [-0.1, -0.05) is 18.2 Å². The van der Waals surface area contributed by atoms with Crippen LogP contribution in [0.15, 0.2) is 66.7 Å². The first-order chi connectivity index (χ1) is 16.2. The molecule has 7 heteroatoms. The number of nitrogens with zero attached hydrogens (tertiary/aromatic N) is 5. The molecule has 0 unspecified atom stereocenters. The van der Waals surface area contributed by atoms with Crippen LogP contribution in [0.2, 0.25) is 0 Å². The summed E-state index contributed by atoms with van der Waals surface area (Å²) in [6, 6.07) is 22.4. The Bertz CT molecular complexity index is 1190. The second kappa shape index (κ2) is 9.50. The van der Waals surface area contributed by atoms with E-state index in [9.17, 15) is 0 Å². The lowest BCUT2D eigenvalue weighted by molar-refractivity contribution is 0.238. The Morgan fingerprint density at radius 1 is 0.939 bits per heavy atom. The average molecular weight is 443 g/mol. The molecular formula is C26H30N6O. The first kappa shape index (κ1) is 21.3. The lowest BCUT2D eigenvalue weighted by Gasteiger charge is -2.15. The lowest BCUT2D eigenvalue weighted by Crippen LogP contribution is -2.25. The molecule has 1 fully saturated rings. The maximum absolute atomic E-state index is 5.90. The number of nitrogens with one attached hydrogen (secondary N) is 1. The summed E-state index contributed by atoms with van der Waals surface area (Å²) in [6.45, 7) is 4.10. The molecule has 0 atom stereocenters. The van der Waals surface area contributed by atoms with Crippen LogP contribution in [0.1, 0.15) is 12.8 Å². The van der Waals surface area contributed by atoms with Crippen molar-refractivity contribution < 1.29 is 4.74 Å². The largest absolute Gasteiger partial charge is 0.492 e. The van der Waals surface area contributed by atoms with E-state index < -0.39 is 0 Å². The van der Waals surface area contributed by atoms with Gasteiger partial charge in [0.05, 0.1) is 5.69 Å². The van der Waals surface area contributed by atoms with E-state index >= 15 is 0 Å². The van der Waals surface area contributed by atoms with E-state index in [1.165, 1.54) is 25.9 Å². The summed E-state index contributed by atoms with van der Waals surface area (Å²) in [5.41, 5.74) is 4.98. The van der Waals surface area contributed by atoms with E-state index in [0.29, 0.717) is 5.95 Å². The number of pyridine rings is 1. The van der Waals surface area contributed by atoms with Crippen molar-refractivity contribution >= 4 is 23.0 Å². The van der Waals surface area contributed by atoms with E-state index in [1.807, 2.05) is 55.0 Å². The molecule has 4 aromatic rings. The number of rotatable bonds is 8. The highest BCUT2D eigenvalue weighted by molar-refractivity contribution is 5.67. The molecule has 33 heavy (non-hydrogen) atoms. The molecule has 1 N–H and O–H groups in total. The second-order valence-electron chi connectivity index (χ2n) is 8.60. The van der Waals surface area contributed by atoms with Crippen LogP contribution in [0.25, 0.3) is 16.9 Å². The molecule has 170 valence electrons. The average Bonchev–Trinajstić information content (AvgIpc) is 3.49. The van der Waals surface area contributed by atoms with E-state index in [2.05, 4.69) is 50.4 Å². The van der Waals surface area contributed by atoms with Gasteiger partial charge in [0.25, 0.3) is 0 Å². The highest BCUT2D eigenvalue weighted by Gasteiger charge is 2.11. The fourth-order valence-electron chi connectivity index (χ4n) is 4.17. The lowest BCUT2D eigenvalue weighted by atomic mass is 10.1. The summed E-state index contributed by atoms with van der Waals surface area (Å²) in [4.78, 5) is 9.20. The first-order valence-electron chi connectivity index (χ1n) is 11.5. The molecule has 1 aliphatic rings. The Morgan fingerprint density at radius 2 is 1.70 bits per heavy atom. The Balaban J connectivity index is 1.27. The fraction of sp³-hybridized carbons (Fsp3) is 0.308. The van der Waals surface area contributed by atoms with E-state index in [-0.39, 0.29) is 0 Å². The van der Waals surface area contributed by atoms with Crippen molar-refractivity contribution in [1.29, 1.82) is 0 Å². The topological polar surface area (TPSA) is 57.9 Å². The Hall–Kier alpha value is -3.58. The summed E-state index contributed by atoms with van der Waals surface area (Å²) in [7, 11) is 4.08. The van der Waals surface area contributed by atoms with E-state index in [4.69, 9.17) is 9.84 Å². The molecular weight excluding hydrogens is 412 g/mol. The quantitative estimate of drug-likeness (QED) is 0.428. The molecule has 3 heterocycles. The maximum atomic E-state index is 5.90. The zero-order valence-electron chi connectivity index (χ0n) is 19.2. The number of ether oxygens (including phenoxy) is 1. The molecule has 0 radical (unpaired) electrons. The maximum Gasteiger partial charge on any atom is 0.247 e. The monoisotopic (exact) mass is 442 g/mol. The number of hydrogen-bond donors (Lipinski definition) is 1. The Labute approximate surface area is 194 Å². The molecule has 1 saturated heterocycles. The van der Waals surface area contributed by atoms with Crippen molar-refractivity contribution in [3.63, 3.8) is 0 Å². The number of hydrogen-bond acceptors (Lipinski definition) is 6. The number of aromatic nitrogens is 3. The van der Waals surface area contributed by atoms with Gasteiger partial charge >= 0.3 is 0 Å². The predicted molar refractivity (Wildman–Crippen MR) is 134 cm³/mol. The van der Waals surface area contributed by atoms with Crippen LogP contribution in [0, 0.1) is 0 Å². The van der Waals surface area contributed by atoms with Gasteiger partial charge in [0.1, 0.15) is 12.4 Å². The third kappa shape index (κ3) is 4.93. The van der Waals surface area contributed by atoms with E-state index in [1.54, 1.807) is 0 Å². The summed E-state index contributed by atoms with van der Waals surface area (Å²) < 4.78 is 7.78. The minimum absolute atomic E-state index is 0.565. The molecule has 0 bridgehead atoms. The molecule has 0 aliphatic carbocycles. The SMILES string of the molecule is CN(C)c1ccc(-c2cccc3nc(Nc4ccc(OCCN5CCCC5)cc4)nn23)cc1. The molecule has 0 spiro atoms. The third-order valence-electron chi connectivity index (χ3n) is 6.02. The minimum Gasteiger partial charge on any atom is -0.492 e. The fourth-order valence-corrected chi connectivity index (χ4v) is 4.17. The number of benzene rings is 2.